The molecule has 0 aliphatic heterocycles. The van der Waals surface area contributed by atoms with Crippen LogP contribution in [0.3, 0.4) is 0 Å². The molecule has 0 saturated heterocycles. The molecule has 1 aromatic carbocycles. The molecule has 0 bridgehead atoms. The average Bonchev–Trinajstić information content (AvgIpc) is 2.75. The number of ether oxygens (including phenoxy) is 1. The van der Waals surface area contributed by atoms with Crippen molar-refractivity contribution in [1.29, 1.82) is 0 Å². The predicted molar refractivity (Wildman–Crippen MR) is 117 cm³/mol. The second-order valence-electron chi connectivity index (χ2n) is 7.06. The highest BCUT2D eigenvalue weighted by Crippen LogP contribution is 2.19. The molecule has 1 atom stereocenters. The van der Waals surface area contributed by atoms with E-state index in [1.807, 2.05) is 44.2 Å². The summed E-state index contributed by atoms with van der Waals surface area (Å²) < 4.78 is 4.69. The van der Waals surface area contributed by atoms with E-state index in [0.29, 0.717) is 22.2 Å². The third-order valence-electron chi connectivity index (χ3n) is 4.98. The number of methoxy groups -OCH3 is 1. The van der Waals surface area contributed by atoms with E-state index in [-0.39, 0.29) is 36.9 Å². The van der Waals surface area contributed by atoms with E-state index in [0.717, 1.165) is 12.0 Å². The van der Waals surface area contributed by atoms with Gasteiger partial charge in [-0.3, -0.25) is 14.4 Å². The monoisotopic (exact) mass is 431 g/mol. The van der Waals surface area contributed by atoms with Crippen LogP contribution in [0.4, 0.5) is 0 Å². The molecule has 1 aromatic heterocycles. The lowest BCUT2D eigenvalue weighted by Gasteiger charge is -2.27. The standard InChI is InChI=1S/C22H29N3O4S/c1-5-15(2)25(13-20(27)29-4)19(26)12-11-18-16(3)23-22(24-21(18)28)30-14-17-9-7-6-8-10-17/h6-10,15H,5,11-14H2,1-4H3,(H,23,24,28)/t15-/m0/s1. The molecule has 0 unspecified atom stereocenters. The van der Waals surface area contributed by atoms with Crippen molar-refractivity contribution < 1.29 is 14.3 Å². The topological polar surface area (TPSA) is 92.4 Å². The number of aromatic nitrogens is 2. The summed E-state index contributed by atoms with van der Waals surface area (Å²) in [5.74, 6) is 0.0635. The molecule has 1 amide bonds. The van der Waals surface area contributed by atoms with Crippen LogP contribution in [0.1, 0.15) is 43.5 Å². The van der Waals surface area contributed by atoms with Crippen molar-refractivity contribution in [2.24, 2.45) is 0 Å². The molecule has 1 heterocycles. The maximum atomic E-state index is 12.7. The molecular weight excluding hydrogens is 402 g/mol. The molecule has 2 rings (SSSR count). The molecular formula is C22H29N3O4S. The molecule has 0 saturated carbocycles. The number of aromatic amines is 1. The molecule has 0 spiro atoms. The Bertz CT molecular complexity index is 914. The number of amides is 1. The number of nitrogens with zero attached hydrogens (tertiary/aromatic N) is 2. The van der Waals surface area contributed by atoms with Gasteiger partial charge in [0.1, 0.15) is 6.54 Å². The lowest BCUT2D eigenvalue weighted by Crippen LogP contribution is -2.42. The van der Waals surface area contributed by atoms with Crippen molar-refractivity contribution in [3.8, 4) is 0 Å². The fourth-order valence-electron chi connectivity index (χ4n) is 2.96. The second kappa shape index (κ2) is 11.5. The lowest BCUT2D eigenvalue weighted by atomic mass is 10.1. The molecule has 0 aliphatic rings. The Morgan fingerprint density at radius 1 is 1.27 bits per heavy atom. The van der Waals surface area contributed by atoms with Crippen molar-refractivity contribution in [1.82, 2.24) is 14.9 Å². The normalized spacial score (nSPS) is 11.7. The fraction of sp³-hybridized carbons (Fsp3) is 0.455. The Labute approximate surface area is 181 Å². The van der Waals surface area contributed by atoms with Gasteiger partial charge in [-0.05, 0) is 32.3 Å². The second-order valence-corrected chi connectivity index (χ2v) is 8.03. The number of thioether (sulfide) groups is 1. The van der Waals surface area contributed by atoms with Gasteiger partial charge in [-0.25, -0.2) is 4.98 Å². The summed E-state index contributed by atoms with van der Waals surface area (Å²) >= 11 is 1.46. The minimum atomic E-state index is -0.459. The highest BCUT2D eigenvalue weighted by molar-refractivity contribution is 7.98. The number of esters is 1. The van der Waals surface area contributed by atoms with Gasteiger partial charge in [-0.15, -0.1) is 0 Å². The van der Waals surface area contributed by atoms with Gasteiger partial charge in [0.25, 0.3) is 5.56 Å². The summed E-state index contributed by atoms with van der Waals surface area (Å²) in [7, 11) is 1.30. The fourth-order valence-corrected chi connectivity index (χ4v) is 3.82. The van der Waals surface area contributed by atoms with Crippen molar-refractivity contribution in [2.75, 3.05) is 13.7 Å². The quantitative estimate of drug-likeness (QED) is 0.353. The van der Waals surface area contributed by atoms with Crippen molar-refractivity contribution >= 4 is 23.6 Å². The van der Waals surface area contributed by atoms with Crippen LogP contribution < -0.4 is 5.56 Å². The van der Waals surface area contributed by atoms with E-state index in [1.54, 1.807) is 6.92 Å². The Balaban J connectivity index is 2.04. The Morgan fingerprint density at radius 3 is 2.57 bits per heavy atom. The zero-order valence-electron chi connectivity index (χ0n) is 17.9. The average molecular weight is 432 g/mol. The Hall–Kier alpha value is -2.61. The maximum absolute atomic E-state index is 12.7. The van der Waals surface area contributed by atoms with Crippen molar-refractivity contribution in [2.45, 2.75) is 57.0 Å². The van der Waals surface area contributed by atoms with Gasteiger partial charge in [-0.1, -0.05) is 49.0 Å². The zero-order valence-corrected chi connectivity index (χ0v) is 18.8. The minimum absolute atomic E-state index is 0.0903. The minimum Gasteiger partial charge on any atom is -0.468 e. The molecule has 162 valence electrons. The lowest BCUT2D eigenvalue weighted by molar-refractivity contribution is -0.148. The zero-order chi connectivity index (χ0) is 22.1. The molecule has 0 aliphatic carbocycles. The number of carbonyl (C=O) groups excluding carboxylic acids is 2. The van der Waals surface area contributed by atoms with Crippen LogP contribution in [0.25, 0.3) is 0 Å². The van der Waals surface area contributed by atoms with Gasteiger partial charge in [0.15, 0.2) is 5.16 Å². The smallest absolute Gasteiger partial charge is 0.325 e. The van der Waals surface area contributed by atoms with Crippen LogP contribution in [0.2, 0.25) is 0 Å². The first-order chi connectivity index (χ1) is 14.3. The SMILES string of the molecule is CC[C@H](C)N(CC(=O)OC)C(=O)CCc1c(C)nc(SCc2ccccc2)[nH]c1=O. The van der Waals surface area contributed by atoms with E-state index in [2.05, 4.69) is 9.97 Å². The van der Waals surface area contributed by atoms with Crippen LogP contribution in [0, 0.1) is 6.92 Å². The molecule has 0 fully saturated rings. The van der Waals surface area contributed by atoms with Gasteiger partial charge in [-0.2, -0.15) is 0 Å². The number of benzene rings is 1. The third-order valence-corrected chi connectivity index (χ3v) is 5.92. The highest BCUT2D eigenvalue weighted by Gasteiger charge is 2.22. The maximum Gasteiger partial charge on any atom is 0.325 e. The number of hydrogen-bond acceptors (Lipinski definition) is 6. The van der Waals surface area contributed by atoms with E-state index >= 15 is 0 Å². The summed E-state index contributed by atoms with van der Waals surface area (Å²) in [6.45, 7) is 5.53. The number of carbonyl (C=O) groups is 2. The molecule has 8 heteroatoms. The van der Waals surface area contributed by atoms with Gasteiger partial charge in [0.05, 0.1) is 7.11 Å². The van der Waals surface area contributed by atoms with E-state index < -0.39 is 5.97 Å². The first-order valence-corrected chi connectivity index (χ1v) is 11.0. The Morgan fingerprint density at radius 2 is 1.97 bits per heavy atom. The largest absolute Gasteiger partial charge is 0.468 e. The van der Waals surface area contributed by atoms with Crippen LogP contribution in [0.5, 0.6) is 0 Å². The van der Waals surface area contributed by atoms with Gasteiger partial charge in [0.2, 0.25) is 5.91 Å². The van der Waals surface area contributed by atoms with Crippen molar-refractivity contribution in [3.05, 3.63) is 57.5 Å². The summed E-state index contributed by atoms with van der Waals surface area (Å²) in [5, 5.41) is 0.559. The molecule has 0 radical (unpaired) electrons. The van der Waals surface area contributed by atoms with Crippen molar-refractivity contribution in [3.63, 3.8) is 0 Å². The van der Waals surface area contributed by atoms with Crippen LogP contribution in [-0.2, 0) is 26.5 Å². The number of nitrogens with one attached hydrogen (secondary N) is 1. The van der Waals surface area contributed by atoms with E-state index in [9.17, 15) is 14.4 Å². The third kappa shape index (κ3) is 6.73. The molecule has 1 N–H and O–H groups in total. The number of hydrogen-bond donors (Lipinski definition) is 1. The summed E-state index contributed by atoms with van der Waals surface area (Å²) in [5.41, 5.74) is 2.03. The Kier molecular flexibility index (Phi) is 9.11. The molecule has 2 aromatic rings. The van der Waals surface area contributed by atoms with Gasteiger partial charge < -0.3 is 14.6 Å². The van der Waals surface area contributed by atoms with Crippen LogP contribution in [-0.4, -0.2) is 46.4 Å². The predicted octanol–water partition coefficient (Wildman–Crippen LogP) is 3.10. The summed E-state index contributed by atoms with van der Waals surface area (Å²) in [6, 6.07) is 9.86. The van der Waals surface area contributed by atoms with Crippen LogP contribution in [0.15, 0.2) is 40.3 Å². The van der Waals surface area contributed by atoms with Gasteiger partial charge >= 0.3 is 5.97 Å². The van der Waals surface area contributed by atoms with Crippen LogP contribution >= 0.6 is 11.8 Å². The number of H-pyrrole nitrogens is 1. The first kappa shape index (κ1) is 23.7. The summed E-state index contributed by atoms with van der Waals surface area (Å²) in [4.78, 5) is 45.7. The van der Waals surface area contributed by atoms with E-state index in [1.165, 1.54) is 23.8 Å². The highest BCUT2D eigenvalue weighted by atomic mass is 32.2. The first-order valence-electron chi connectivity index (χ1n) is 9.98. The molecule has 30 heavy (non-hydrogen) atoms. The summed E-state index contributed by atoms with van der Waals surface area (Å²) in [6.07, 6.45) is 1.12. The van der Waals surface area contributed by atoms with E-state index in [4.69, 9.17) is 4.74 Å². The number of rotatable bonds is 10. The van der Waals surface area contributed by atoms with Gasteiger partial charge in [0, 0.05) is 29.5 Å². The molecule has 7 nitrogen and oxygen atoms in total. The number of aryl methyl sites for hydroxylation is 1.